The predicted octanol–water partition coefficient (Wildman–Crippen LogP) is 1.46. The Kier molecular flexibility index (Phi) is 7.06. The first kappa shape index (κ1) is 18.6. The van der Waals surface area contributed by atoms with Gasteiger partial charge < -0.3 is 21.1 Å². The van der Waals surface area contributed by atoms with Crippen molar-refractivity contribution in [1.82, 2.24) is 10.6 Å². The molecule has 2 rings (SSSR count). The number of aliphatic hydroxyl groups is 1. The van der Waals surface area contributed by atoms with E-state index in [9.17, 15) is 9.59 Å². The second-order valence-electron chi connectivity index (χ2n) is 5.19. The number of para-hydroxylation sites is 1. The zero-order valence-corrected chi connectivity index (χ0v) is 14.3. The second kappa shape index (κ2) is 9.51. The largest absolute Gasteiger partial charge is 0.395 e. The van der Waals surface area contributed by atoms with Crippen LogP contribution in [0.25, 0.3) is 0 Å². The minimum Gasteiger partial charge on any atom is -0.395 e. The summed E-state index contributed by atoms with van der Waals surface area (Å²) in [5.74, 6) is -0.582. The highest BCUT2D eigenvalue weighted by molar-refractivity contribution is 7.80. The van der Waals surface area contributed by atoms with Crippen LogP contribution in [0.3, 0.4) is 0 Å². The molecule has 0 aliphatic carbocycles. The Labute approximate surface area is 151 Å². The quantitative estimate of drug-likeness (QED) is 0.588. The number of hydrogen-bond donors (Lipinski definition) is 4. The molecular weight excluding hydrogens is 338 g/mol. The van der Waals surface area contributed by atoms with E-state index >= 15 is 0 Å². The van der Waals surface area contributed by atoms with Crippen molar-refractivity contribution in [2.45, 2.75) is 6.42 Å². The van der Waals surface area contributed by atoms with Crippen LogP contribution in [-0.4, -0.2) is 35.2 Å². The molecule has 0 radical (unpaired) electrons. The SMILES string of the molecule is O=C(Cc1ccccc1)NC(=S)Nc1ccccc1C(=O)NCCO. The van der Waals surface area contributed by atoms with Gasteiger partial charge in [0.25, 0.3) is 5.91 Å². The maximum absolute atomic E-state index is 12.1. The molecule has 0 atom stereocenters. The number of rotatable bonds is 6. The van der Waals surface area contributed by atoms with Gasteiger partial charge in [0.15, 0.2) is 5.11 Å². The summed E-state index contributed by atoms with van der Waals surface area (Å²) >= 11 is 5.15. The summed E-state index contributed by atoms with van der Waals surface area (Å²) in [7, 11) is 0. The molecule has 2 aromatic rings. The van der Waals surface area contributed by atoms with Crippen molar-refractivity contribution in [2.75, 3.05) is 18.5 Å². The first-order valence-corrected chi connectivity index (χ1v) is 8.14. The van der Waals surface area contributed by atoms with Gasteiger partial charge in [0.2, 0.25) is 5.91 Å². The van der Waals surface area contributed by atoms with Gasteiger partial charge in [-0.15, -0.1) is 0 Å². The summed E-state index contributed by atoms with van der Waals surface area (Å²) in [6.07, 6.45) is 0.210. The average Bonchev–Trinajstić information content (AvgIpc) is 2.60. The van der Waals surface area contributed by atoms with Crippen LogP contribution in [0.1, 0.15) is 15.9 Å². The fraction of sp³-hybridized carbons (Fsp3) is 0.167. The number of benzene rings is 2. The molecule has 4 N–H and O–H groups in total. The van der Waals surface area contributed by atoms with Crippen molar-refractivity contribution >= 4 is 34.8 Å². The van der Waals surface area contributed by atoms with Gasteiger partial charge in [-0.3, -0.25) is 9.59 Å². The van der Waals surface area contributed by atoms with Gasteiger partial charge in [0.1, 0.15) is 0 Å². The number of nitrogens with one attached hydrogen (secondary N) is 3. The molecule has 0 heterocycles. The number of carbonyl (C=O) groups excluding carboxylic acids is 2. The van der Waals surface area contributed by atoms with E-state index in [0.717, 1.165) is 5.56 Å². The molecule has 130 valence electrons. The Morgan fingerprint density at radius 2 is 1.68 bits per heavy atom. The topological polar surface area (TPSA) is 90.5 Å². The number of carbonyl (C=O) groups is 2. The lowest BCUT2D eigenvalue weighted by Crippen LogP contribution is -2.36. The lowest BCUT2D eigenvalue weighted by Gasteiger charge is -2.13. The van der Waals surface area contributed by atoms with Gasteiger partial charge >= 0.3 is 0 Å². The lowest BCUT2D eigenvalue weighted by molar-refractivity contribution is -0.119. The standard InChI is InChI=1S/C18H19N3O3S/c22-11-10-19-17(24)14-8-4-5-9-15(14)20-18(25)21-16(23)12-13-6-2-1-3-7-13/h1-9,22H,10-12H2,(H,19,24)(H2,20,21,23,25). The molecule has 0 bridgehead atoms. The zero-order chi connectivity index (χ0) is 18.1. The fourth-order valence-electron chi connectivity index (χ4n) is 2.16. The highest BCUT2D eigenvalue weighted by atomic mass is 32.1. The van der Waals surface area contributed by atoms with Gasteiger partial charge in [-0.25, -0.2) is 0 Å². The van der Waals surface area contributed by atoms with Crippen LogP contribution < -0.4 is 16.0 Å². The van der Waals surface area contributed by atoms with Crippen LogP contribution in [0.2, 0.25) is 0 Å². The zero-order valence-electron chi connectivity index (χ0n) is 13.5. The van der Waals surface area contributed by atoms with Crippen molar-refractivity contribution in [2.24, 2.45) is 0 Å². The first-order chi connectivity index (χ1) is 12.1. The predicted molar refractivity (Wildman–Crippen MR) is 100 cm³/mol. The molecule has 0 unspecified atom stereocenters. The number of aliphatic hydroxyl groups excluding tert-OH is 1. The summed E-state index contributed by atoms with van der Waals surface area (Å²) in [5.41, 5.74) is 1.73. The number of thiocarbonyl (C=S) groups is 1. The molecule has 25 heavy (non-hydrogen) atoms. The maximum atomic E-state index is 12.1. The Hall–Kier alpha value is -2.77. The van der Waals surface area contributed by atoms with Crippen molar-refractivity contribution in [3.63, 3.8) is 0 Å². The van der Waals surface area contributed by atoms with E-state index in [2.05, 4.69) is 16.0 Å². The van der Waals surface area contributed by atoms with E-state index in [1.54, 1.807) is 24.3 Å². The molecule has 7 heteroatoms. The molecule has 0 fully saturated rings. The van der Waals surface area contributed by atoms with E-state index in [0.29, 0.717) is 11.3 Å². The van der Waals surface area contributed by atoms with E-state index in [1.807, 2.05) is 30.3 Å². The van der Waals surface area contributed by atoms with Crippen molar-refractivity contribution in [1.29, 1.82) is 0 Å². The molecule has 0 saturated carbocycles. The third-order valence-electron chi connectivity index (χ3n) is 3.28. The molecule has 0 aliphatic rings. The first-order valence-electron chi connectivity index (χ1n) is 7.73. The Morgan fingerprint density at radius 3 is 2.40 bits per heavy atom. The van der Waals surface area contributed by atoms with Gasteiger partial charge in [0.05, 0.1) is 24.3 Å². The molecule has 0 saturated heterocycles. The summed E-state index contributed by atoms with van der Waals surface area (Å²) in [6.45, 7) is 0.0146. The normalized spacial score (nSPS) is 9.96. The molecule has 2 aromatic carbocycles. The minimum atomic E-state index is -0.337. The monoisotopic (exact) mass is 357 g/mol. The maximum Gasteiger partial charge on any atom is 0.253 e. The second-order valence-corrected chi connectivity index (χ2v) is 5.60. The highest BCUT2D eigenvalue weighted by Crippen LogP contribution is 2.14. The van der Waals surface area contributed by atoms with Crippen LogP contribution in [-0.2, 0) is 11.2 Å². The van der Waals surface area contributed by atoms with Crippen molar-refractivity contribution in [3.8, 4) is 0 Å². The van der Waals surface area contributed by atoms with Gasteiger partial charge in [-0.2, -0.15) is 0 Å². The molecule has 0 aliphatic heterocycles. The van der Waals surface area contributed by atoms with Crippen LogP contribution in [0, 0.1) is 0 Å². The molecular formula is C18H19N3O3S. The van der Waals surface area contributed by atoms with E-state index in [4.69, 9.17) is 17.3 Å². The Balaban J connectivity index is 1.96. The number of hydrogen-bond acceptors (Lipinski definition) is 4. The average molecular weight is 357 g/mol. The summed E-state index contributed by atoms with van der Waals surface area (Å²) < 4.78 is 0. The van der Waals surface area contributed by atoms with Crippen molar-refractivity contribution < 1.29 is 14.7 Å². The summed E-state index contributed by atoms with van der Waals surface area (Å²) in [4.78, 5) is 24.1. The van der Waals surface area contributed by atoms with E-state index in [-0.39, 0.29) is 36.5 Å². The highest BCUT2D eigenvalue weighted by Gasteiger charge is 2.12. The van der Waals surface area contributed by atoms with Crippen LogP contribution in [0.5, 0.6) is 0 Å². The summed E-state index contributed by atoms with van der Waals surface area (Å²) in [6, 6.07) is 16.1. The van der Waals surface area contributed by atoms with Crippen LogP contribution >= 0.6 is 12.2 Å². The third-order valence-corrected chi connectivity index (χ3v) is 3.48. The van der Waals surface area contributed by atoms with Crippen molar-refractivity contribution in [3.05, 3.63) is 65.7 Å². The van der Waals surface area contributed by atoms with E-state index < -0.39 is 0 Å². The molecule has 2 amide bonds. The Bertz CT molecular complexity index is 750. The van der Waals surface area contributed by atoms with Crippen LogP contribution in [0.15, 0.2) is 54.6 Å². The molecule has 0 spiro atoms. The van der Waals surface area contributed by atoms with Gasteiger partial charge in [-0.1, -0.05) is 42.5 Å². The van der Waals surface area contributed by atoms with Crippen LogP contribution in [0.4, 0.5) is 5.69 Å². The minimum absolute atomic E-state index is 0.114. The van der Waals surface area contributed by atoms with Gasteiger partial charge in [0, 0.05) is 6.54 Å². The third kappa shape index (κ3) is 5.98. The Morgan fingerprint density at radius 1 is 1.00 bits per heavy atom. The number of amides is 2. The summed E-state index contributed by atoms with van der Waals surface area (Å²) in [5, 5.41) is 16.9. The van der Waals surface area contributed by atoms with Gasteiger partial charge in [-0.05, 0) is 29.9 Å². The van der Waals surface area contributed by atoms with E-state index in [1.165, 1.54) is 0 Å². The molecule has 0 aromatic heterocycles. The number of anilines is 1. The lowest BCUT2D eigenvalue weighted by atomic mass is 10.1. The smallest absolute Gasteiger partial charge is 0.253 e. The molecule has 6 nitrogen and oxygen atoms in total. The fourth-order valence-corrected chi connectivity index (χ4v) is 2.38.